The third-order valence-electron chi connectivity index (χ3n) is 4.02. The summed E-state index contributed by atoms with van der Waals surface area (Å²) in [5.74, 6) is 0. The second kappa shape index (κ2) is 6.23. The molecule has 1 aliphatic carbocycles. The molecule has 3 heteroatoms. The fourth-order valence-electron chi connectivity index (χ4n) is 3.05. The molecule has 0 aromatic rings. The molecule has 1 saturated carbocycles. The van der Waals surface area contributed by atoms with Gasteiger partial charge in [-0.25, -0.2) is 0 Å². The second-order valence-corrected chi connectivity index (χ2v) is 5.71. The Kier molecular flexibility index (Phi) is 4.93. The van der Waals surface area contributed by atoms with Crippen molar-refractivity contribution in [2.45, 2.75) is 63.0 Å². The lowest BCUT2D eigenvalue weighted by Gasteiger charge is -2.39. The summed E-state index contributed by atoms with van der Waals surface area (Å²) in [4.78, 5) is 2.65. The lowest BCUT2D eigenvalue weighted by Crippen LogP contribution is -2.44. The molecule has 2 fully saturated rings. The van der Waals surface area contributed by atoms with Gasteiger partial charge < -0.3 is 9.64 Å². The van der Waals surface area contributed by atoms with Crippen molar-refractivity contribution < 1.29 is 4.74 Å². The molecule has 0 bridgehead atoms. The number of alkyl halides is 1. The summed E-state index contributed by atoms with van der Waals surface area (Å²) < 4.78 is 5.70. The van der Waals surface area contributed by atoms with Crippen LogP contribution in [0.15, 0.2) is 0 Å². The van der Waals surface area contributed by atoms with E-state index in [1.807, 2.05) is 0 Å². The smallest absolute Gasteiger partial charge is 0.0576 e. The molecule has 0 atom stereocenters. The molecule has 2 aliphatic rings. The number of halogens is 1. The van der Waals surface area contributed by atoms with Gasteiger partial charge in [0.1, 0.15) is 0 Å². The molecule has 0 spiro atoms. The van der Waals surface area contributed by atoms with Crippen LogP contribution in [-0.4, -0.2) is 42.1 Å². The van der Waals surface area contributed by atoms with Gasteiger partial charge in [-0.1, -0.05) is 0 Å². The van der Waals surface area contributed by atoms with Crippen LogP contribution in [0.2, 0.25) is 0 Å². The molecule has 2 nitrogen and oxygen atoms in total. The van der Waals surface area contributed by atoms with Crippen molar-refractivity contribution in [3.63, 3.8) is 0 Å². The van der Waals surface area contributed by atoms with Crippen LogP contribution >= 0.6 is 11.6 Å². The monoisotopic (exact) mass is 245 g/mol. The topological polar surface area (TPSA) is 12.5 Å². The minimum atomic E-state index is 0.427. The molecular formula is C13H24ClNO. The van der Waals surface area contributed by atoms with Crippen LogP contribution in [0.1, 0.15) is 45.4 Å². The zero-order valence-electron chi connectivity index (χ0n) is 10.3. The van der Waals surface area contributed by atoms with Crippen molar-refractivity contribution in [2.75, 3.05) is 19.7 Å². The first-order valence-corrected chi connectivity index (χ1v) is 7.23. The Balaban J connectivity index is 1.72. The molecule has 1 aliphatic heterocycles. The van der Waals surface area contributed by atoms with Gasteiger partial charge in [0.05, 0.1) is 6.10 Å². The van der Waals surface area contributed by atoms with Crippen LogP contribution in [0.4, 0.5) is 0 Å². The van der Waals surface area contributed by atoms with Gasteiger partial charge in [-0.05, 0) is 58.5 Å². The first-order valence-electron chi connectivity index (χ1n) is 6.79. The fraction of sp³-hybridized carbons (Fsp3) is 1.00. The van der Waals surface area contributed by atoms with Gasteiger partial charge >= 0.3 is 0 Å². The fourth-order valence-corrected chi connectivity index (χ4v) is 3.24. The summed E-state index contributed by atoms with van der Waals surface area (Å²) in [6.07, 6.45) is 8.01. The van der Waals surface area contributed by atoms with E-state index < -0.39 is 0 Å². The summed E-state index contributed by atoms with van der Waals surface area (Å²) in [6, 6.07) is 0.806. The van der Waals surface area contributed by atoms with E-state index in [1.54, 1.807) is 0 Å². The van der Waals surface area contributed by atoms with Gasteiger partial charge in [0.2, 0.25) is 0 Å². The Morgan fingerprint density at radius 1 is 1.06 bits per heavy atom. The predicted molar refractivity (Wildman–Crippen MR) is 68.1 cm³/mol. The molecule has 0 amide bonds. The third-order valence-corrected chi connectivity index (χ3v) is 4.46. The summed E-state index contributed by atoms with van der Waals surface area (Å²) >= 11 is 6.14. The number of piperidine rings is 1. The quantitative estimate of drug-likeness (QED) is 0.709. The van der Waals surface area contributed by atoms with E-state index >= 15 is 0 Å². The highest BCUT2D eigenvalue weighted by atomic mass is 35.5. The van der Waals surface area contributed by atoms with Crippen LogP contribution in [-0.2, 0) is 4.74 Å². The maximum absolute atomic E-state index is 6.14. The largest absolute Gasteiger partial charge is 0.379 e. The van der Waals surface area contributed by atoms with Crippen molar-refractivity contribution in [3.8, 4) is 0 Å². The number of ether oxygens (including phenoxy) is 1. The van der Waals surface area contributed by atoms with Gasteiger partial charge in [0, 0.05) is 18.0 Å². The lowest BCUT2D eigenvalue weighted by molar-refractivity contribution is 0.0107. The molecule has 0 unspecified atom stereocenters. The Morgan fingerprint density at radius 3 is 2.25 bits per heavy atom. The van der Waals surface area contributed by atoms with E-state index in [0.29, 0.717) is 11.5 Å². The normalized spacial score (nSPS) is 34.1. The molecule has 94 valence electrons. The number of likely N-dealkylation sites (tertiary alicyclic amines) is 1. The van der Waals surface area contributed by atoms with Crippen molar-refractivity contribution in [2.24, 2.45) is 0 Å². The zero-order valence-corrected chi connectivity index (χ0v) is 11.1. The molecule has 1 heterocycles. The predicted octanol–water partition coefficient (Wildman–Crippen LogP) is 3.04. The van der Waals surface area contributed by atoms with Crippen LogP contribution < -0.4 is 0 Å². The van der Waals surface area contributed by atoms with Crippen LogP contribution in [0.5, 0.6) is 0 Å². The lowest BCUT2D eigenvalue weighted by atomic mass is 9.90. The summed E-state index contributed by atoms with van der Waals surface area (Å²) in [7, 11) is 0. The van der Waals surface area contributed by atoms with E-state index in [-0.39, 0.29) is 0 Å². The number of nitrogens with zero attached hydrogens (tertiary/aromatic N) is 1. The van der Waals surface area contributed by atoms with E-state index in [4.69, 9.17) is 16.3 Å². The van der Waals surface area contributed by atoms with Crippen LogP contribution in [0.3, 0.4) is 0 Å². The van der Waals surface area contributed by atoms with E-state index in [2.05, 4.69) is 11.8 Å². The average Bonchev–Trinajstić information content (AvgIpc) is 2.32. The van der Waals surface area contributed by atoms with Gasteiger partial charge in [0.15, 0.2) is 0 Å². The number of rotatable bonds is 3. The molecular weight excluding hydrogens is 222 g/mol. The highest BCUT2D eigenvalue weighted by molar-refractivity contribution is 6.20. The Bertz CT molecular complexity index is 196. The molecule has 2 rings (SSSR count). The van der Waals surface area contributed by atoms with Crippen molar-refractivity contribution in [1.29, 1.82) is 0 Å². The van der Waals surface area contributed by atoms with Crippen molar-refractivity contribution in [3.05, 3.63) is 0 Å². The maximum atomic E-state index is 6.14. The SMILES string of the molecule is CCOC1CCC(N2CCC(Cl)CC2)CC1. The van der Waals surface area contributed by atoms with Crippen LogP contribution in [0.25, 0.3) is 0 Å². The standard InChI is InChI=1S/C13H24ClNO/c1-2-16-13-5-3-12(4-6-13)15-9-7-11(14)8-10-15/h11-13H,2-10H2,1H3. The molecule has 1 saturated heterocycles. The highest BCUT2D eigenvalue weighted by Crippen LogP contribution is 2.28. The number of hydrogen-bond donors (Lipinski definition) is 0. The van der Waals surface area contributed by atoms with E-state index in [1.165, 1.54) is 51.6 Å². The summed E-state index contributed by atoms with van der Waals surface area (Å²) in [5, 5.41) is 0.427. The van der Waals surface area contributed by atoms with Gasteiger partial charge in [-0.2, -0.15) is 0 Å². The molecule has 0 N–H and O–H groups in total. The average molecular weight is 246 g/mol. The first kappa shape index (κ1) is 12.7. The highest BCUT2D eigenvalue weighted by Gasteiger charge is 2.28. The minimum absolute atomic E-state index is 0.427. The van der Waals surface area contributed by atoms with Gasteiger partial charge in [-0.15, -0.1) is 11.6 Å². The first-order chi connectivity index (χ1) is 7.79. The number of hydrogen-bond acceptors (Lipinski definition) is 2. The molecule has 0 radical (unpaired) electrons. The zero-order chi connectivity index (χ0) is 11.4. The Labute approximate surface area is 104 Å². The third kappa shape index (κ3) is 3.35. The summed E-state index contributed by atoms with van der Waals surface area (Å²) in [6.45, 7) is 5.38. The molecule has 0 aromatic carbocycles. The second-order valence-electron chi connectivity index (χ2n) is 5.10. The summed E-state index contributed by atoms with van der Waals surface area (Å²) in [5.41, 5.74) is 0. The van der Waals surface area contributed by atoms with Crippen molar-refractivity contribution in [1.82, 2.24) is 4.90 Å². The van der Waals surface area contributed by atoms with Crippen LogP contribution in [0, 0.1) is 0 Å². The van der Waals surface area contributed by atoms with E-state index in [9.17, 15) is 0 Å². The Hall–Kier alpha value is 0.210. The Morgan fingerprint density at radius 2 is 1.69 bits per heavy atom. The van der Waals surface area contributed by atoms with Crippen molar-refractivity contribution >= 4 is 11.6 Å². The molecule has 16 heavy (non-hydrogen) atoms. The van der Waals surface area contributed by atoms with Gasteiger partial charge in [-0.3, -0.25) is 0 Å². The molecule has 0 aromatic heterocycles. The minimum Gasteiger partial charge on any atom is -0.379 e. The van der Waals surface area contributed by atoms with Gasteiger partial charge in [0.25, 0.3) is 0 Å². The van der Waals surface area contributed by atoms with E-state index in [0.717, 1.165) is 12.6 Å². The maximum Gasteiger partial charge on any atom is 0.0576 e.